The number of hydrogen-bond donors (Lipinski definition) is 0. The van der Waals surface area contributed by atoms with Crippen LogP contribution in [0.4, 0.5) is 0 Å². The lowest BCUT2D eigenvalue weighted by Crippen LogP contribution is -2.12. The van der Waals surface area contributed by atoms with E-state index in [4.69, 9.17) is 0 Å². The van der Waals surface area contributed by atoms with Crippen LogP contribution in [-0.4, -0.2) is 10.8 Å². The number of carbonyl (C=O) groups is 1. The summed E-state index contributed by atoms with van der Waals surface area (Å²) in [4.78, 5) is 16.7. The second-order valence-electron chi connectivity index (χ2n) is 4.59. The molecule has 0 spiro atoms. The summed E-state index contributed by atoms with van der Waals surface area (Å²) < 4.78 is 0. The summed E-state index contributed by atoms with van der Waals surface area (Å²) in [6.07, 6.45) is 1.72. The van der Waals surface area contributed by atoms with Crippen molar-refractivity contribution in [2.24, 2.45) is 0 Å². The van der Waals surface area contributed by atoms with Gasteiger partial charge in [0, 0.05) is 11.8 Å². The van der Waals surface area contributed by atoms with E-state index < -0.39 is 0 Å². The van der Waals surface area contributed by atoms with Crippen molar-refractivity contribution in [1.29, 1.82) is 0 Å². The first-order chi connectivity index (χ1) is 8.61. The highest BCUT2D eigenvalue weighted by atomic mass is 16.1. The molecular formula is C16H17NO. The molecule has 1 heterocycles. The van der Waals surface area contributed by atoms with Crippen LogP contribution in [0.1, 0.15) is 40.0 Å². The smallest absolute Gasteiger partial charge is 0.171 e. The SMILES string of the molecule is Cc1cccc(C(=O)C(C)c2ccccn2)c1C. The van der Waals surface area contributed by atoms with E-state index in [1.54, 1.807) is 6.20 Å². The number of carbonyl (C=O) groups excluding carboxylic acids is 1. The average molecular weight is 239 g/mol. The van der Waals surface area contributed by atoms with E-state index in [1.807, 2.05) is 57.2 Å². The summed E-state index contributed by atoms with van der Waals surface area (Å²) in [7, 11) is 0. The van der Waals surface area contributed by atoms with E-state index in [-0.39, 0.29) is 11.7 Å². The largest absolute Gasteiger partial charge is 0.293 e. The summed E-state index contributed by atoms with van der Waals surface area (Å²) in [6, 6.07) is 11.5. The molecule has 1 atom stereocenters. The number of hydrogen-bond acceptors (Lipinski definition) is 2. The zero-order chi connectivity index (χ0) is 13.1. The van der Waals surface area contributed by atoms with Gasteiger partial charge in [-0.3, -0.25) is 9.78 Å². The highest BCUT2D eigenvalue weighted by Gasteiger charge is 2.19. The Hall–Kier alpha value is -1.96. The van der Waals surface area contributed by atoms with Crippen LogP contribution >= 0.6 is 0 Å². The fourth-order valence-corrected chi connectivity index (χ4v) is 2.02. The molecular weight excluding hydrogens is 222 g/mol. The molecule has 0 aliphatic rings. The van der Waals surface area contributed by atoms with Gasteiger partial charge in [0.25, 0.3) is 0 Å². The number of pyridine rings is 1. The third-order valence-electron chi connectivity index (χ3n) is 3.39. The standard InChI is InChI=1S/C16H17NO/c1-11-7-6-8-14(12(11)2)16(18)13(3)15-9-4-5-10-17-15/h4-10,13H,1-3H3. The van der Waals surface area contributed by atoms with Crippen LogP contribution in [0.2, 0.25) is 0 Å². The van der Waals surface area contributed by atoms with Gasteiger partial charge in [-0.15, -0.1) is 0 Å². The Morgan fingerprint density at radius 1 is 1.11 bits per heavy atom. The van der Waals surface area contributed by atoms with E-state index in [9.17, 15) is 4.79 Å². The Morgan fingerprint density at radius 3 is 2.56 bits per heavy atom. The molecule has 18 heavy (non-hydrogen) atoms. The van der Waals surface area contributed by atoms with Gasteiger partial charge in [0.2, 0.25) is 0 Å². The number of rotatable bonds is 3. The van der Waals surface area contributed by atoms with Crippen LogP contribution < -0.4 is 0 Å². The van der Waals surface area contributed by atoms with Crippen LogP contribution in [0.5, 0.6) is 0 Å². The number of aryl methyl sites for hydroxylation is 1. The van der Waals surface area contributed by atoms with Gasteiger partial charge in [0.1, 0.15) is 0 Å². The zero-order valence-corrected chi connectivity index (χ0v) is 11.0. The monoisotopic (exact) mass is 239 g/mol. The molecule has 92 valence electrons. The maximum absolute atomic E-state index is 12.5. The van der Waals surface area contributed by atoms with Gasteiger partial charge in [0.15, 0.2) is 5.78 Å². The van der Waals surface area contributed by atoms with E-state index in [0.29, 0.717) is 0 Å². The quantitative estimate of drug-likeness (QED) is 0.765. The molecule has 0 saturated carbocycles. The van der Waals surface area contributed by atoms with Crippen molar-refractivity contribution in [2.75, 3.05) is 0 Å². The Kier molecular flexibility index (Phi) is 3.56. The number of aromatic nitrogens is 1. The lowest BCUT2D eigenvalue weighted by Gasteiger charge is -2.13. The van der Waals surface area contributed by atoms with Crippen molar-refractivity contribution in [2.45, 2.75) is 26.7 Å². The predicted molar refractivity (Wildman–Crippen MR) is 72.9 cm³/mol. The third kappa shape index (κ3) is 2.33. The molecule has 0 aliphatic heterocycles. The molecule has 0 amide bonds. The normalized spacial score (nSPS) is 12.2. The lowest BCUT2D eigenvalue weighted by molar-refractivity contribution is 0.0964. The highest BCUT2D eigenvalue weighted by Crippen LogP contribution is 2.22. The van der Waals surface area contributed by atoms with Gasteiger partial charge in [0.05, 0.1) is 11.6 Å². The highest BCUT2D eigenvalue weighted by molar-refractivity contribution is 6.01. The summed E-state index contributed by atoms with van der Waals surface area (Å²) >= 11 is 0. The van der Waals surface area contributed by atoms with Crippen molar-refractivity contribution in [3.8, 4) is 0 Å². The Bertz CT molecular complexity index is 561. The fourth-order valence-electron chi connectivity index (χ4n) is 2.02. The number of Topliss-reactive ketones (excluding diaryl/α,β-unsaturated/α-hetero) is 1. The first kappa shape index (κ1) is 12.5. The number of benzene rings is 1. The van der Waals surface area contributed by atoms with Gasteiger partial charge in [-0.2, -0.15) is 0 Å². The van der Waals surface area contributed by atoms with Crippen molar-refractivity contribution >= 4 is 5.78 Å². The first-order valence-electron chi connectivity index (χ1n) is 6.12. The van der Waals surface area contributed by atoms with E-state index >= 15 is 0 Å². The first-order valence-corrected chi connectivity index (χ1v) is 6.12. The average Bonchev–Trinajstić information content (AvgIpc) is 2.41. The molecule has 2 nitrogen and oxygen atoms in total. The van der Waals surface area contributed by atoms with Crippen LogP contribution in [0.25, 0.3) is 0 Å². The van der Waals surface area contributed by atoms with Gasteiger partial charge < -0.3 is 0 Å². The Balaban J connectivity index is 2.35. The number of ketones is 1. The molecule has 0 N–H and O–H groups in total. The van der Waals surface area contributed by atoms with Gasteiger partial charge >= 0.3 is 0 Å². The molecule has 0 saturated heterocycles. The van der Waals surface area contributed by atoms with E-state index in [1.165, 1.54) is 0 Å². The second kappa shape index (κ2) is 5.13. The van der Waals surface area contributed by atoms with Gasteiger partial charge in [-0.05, 0) is 44.0 Å². The summed E-state index contributed by atoms with van der Waals surface area (Å²) in [6.45, 7) is 5.93. The van der Waals surface area contributed by atoms with Crippen molar-refractivity contribution in [3.05, 3.63) is 65.0 Å². The third-order valence-corrected chi connectivity index (χ3v) is 3.39. The van der Waals surface area contributed by atoms with Crippen LogP contribution in [-0.2, 0) is 0 Å². The van der Waals surface area contributed by atoms with Crippen LogP contribution in [0, 0.1) is 13.8 Å². The zero-order valence-electron chi connectivity index (χ0n) is 11.0. The molecule has 0 bridgehead atoms. The molecule has 0 fully saturated rings. The summed E-state index contributed by atoms with van der Waals surface area (Å²) in [5, 5.41) is 0. The topological polar surface area (TPSA) is 30.0 Å². The Morgan fingerprint density at radius 2 is 1.89 bits per heavy atom. The van der Waals surface area contributed by atoms with Gasteiger partial charge in [-0.25, -0.2) is 0 Å². The molecule has 1 aromatic heterocycles. The molecule has 0 radical (unpaired) electrons. The van der Waals surface area contributed by atoms with Crippen molar-refractivity contribution < 1.29 is 4.79 Å². The van der Waals surface area contributed by atoms with Crippen molar-refractivity contribution in [1.82, 2.24) is 4.98 Å². The van der Waals surface area contributed by atoms with E-state index in [0.717, 1.165) is 22.4 Å². The number of nitrogens with zero attached hydrogens (tertiary/aromatic N) is 1. The molecule has 2 rings (SSSR count). The minimum absolute atomic E-state index is 0.134. The minimum atomic E-state index is -0.202. The lowest BCUT2D eigenvalue weighted by atomic mass is 9.91. The molecule has 1 unspecified atom stereocenters. The fraction of sp³-hybridized carbons (Fsp3) is 0.250. The van der Waals surface area contributed by atoms with Crippen LogP contribution in [0.15, 0.2) is 42.6 Å². The molecule has 1 aromatic carbocycles. The summed E-state index contributed by atoms with van der Waals surface area (Å²) in [5.41, 5.74) is 3.83. The molecule has 2 aromatic rings. The maximum atomic E-state index is 12.5. The predicted octanol–water partition coefficient (Wildman–Crippen LogP) is 3.68. The molecule has 0 aliphatic carbocycles. The van der Waals surface area contributed by atoms with E-state index in [2.05, 4.69) is 4.98 Å². The maximum Gasteiger partial charge on any atom is 0.171 e. The van der Waals surface area contributed by atoms with Crippen molar-refractivity contribution in [3.63, 3.8) is 0 Å². The van der Waals surface area contributed by atoms with Crippen LogP contribution in [0.3, 0.4) is 0 Å². The second-order valence-corrected chi connectivity index (χ2v) is 4.59. The Labute approximate surface area is 108 Å². The molecule has 2 heteroatoms. The minimum Gasteiger partial charge on any atom is -0.293 e. The van der Waals surface area contributed by atoms with Gasteiger partial charge in [-0.1, -0.05) is 24.3 Å². The summed E-state index contributed by atoms with van der Waals surface area (Å²) in [5.74, 6) is -0.0680.